The molecule has 0 aliphatic heterocycles. The maximum Gasteiger partial charge on any atom is 0.316 e. The van der Waals surface area contributed by atoms with Gasteiger partial charge in [0.05, 0.1) is 17.8 Å². The number of hydrogen-bond acceptors (Lipinski definition) is 2. The molecular weight excluding hydrogens is 192 g/mol. The summed E-state index contributed by atoms with van der Waals surface area (Å²) in [6.45, 7) is 0. The molecule has 70 valence electrons. The van der Waals surface area contributed by atoms with Crippen LogP contribution in [0.2, 0.25) is 5.02 Å². The summed E-state index contributed by atoms with van der Waals surface area (Å²) in [5, 5.41) is 2.82. The number of para-hydroxylation sites is 1. The minimum Gasteiger partial charge on any atom is -0.493 e. The van der Waals surface area contributed by atoms with Crippen molar-refractivity contribution >= 4 is 23.3 Å². The smallest absolute Gasteiger partial charge is 0.316 e. The van der Waals surface area contributed by atoms with Gasteiger partial charge in [-0.3, -0.25) is 0 Å². The van der Waals surface area contributed by atoms with Crippen molar-refractivity contribution in [2.45, 2.75) is 0 Å². The van der Waals surface area contributed by atoms with Crippen molar-refractivity contribution in [3.05, 3.63) is 23.2 Å². The summed E-state index contributed by atoms with van der Waals surface area (Å²) in [4.78, 5) is 10.6. The lowest BCUT2D eigenvalue weighted by atomic mass is 10.3. The Morgan fingerprint density at radius 3 is 2.85 bits per heavy atom. The minimum absolute atomic E-state index is 0.406. The molecule has 5 heteroatoms. The molecule has 3 N–H and O–H groups in total. The van der Waals surface area contributed by atoms with E-state index in [1.807, 2.05) is 0 Å². The number of carbonyl (C=O) groups is 1. The number of urea groups is 1. The number of nitrogens with one attached hydrogen (secondary N) is 1. The zero-order valence-electron chi connectivity index (χ0n) is 7.00. The Kier molecular flexibility index (Phi) is 2.97. The third-order valence-corrected chi connectivity index (χ3v) is 1.73. The third kappa shape index (κ3) is 2.26. The van der Waals surface area contributed by atoms with Crippen LogP contribution in [-0.4, -0.2) is 13.1 Å². The van der Waals surface area contributed by atoms with Crippen LogP contribution in [0.25, 0.3) is 0 Å². The molecule has 0 aliphatic rings. The van der Waals surface area contributed by atoms with E-state index in [-0.39, 0.29) is 0 Å². The van der Waals surface area contributed by atoms with Gasteiger partial charge in [0.2, 0.25) is 0 Å². The third-order valence-electron chi connectivity index (χ3n) is 1.43. The topological polar surface area (TPSA) is 64.3 Å². The number of amides is 2. The van der Waals surface area contributed by atoms with Gasteiger partial charge in [-0.2, -0.15) is 0 Å². The molecule has 0 saturated carbocycles. The highest BCUT2D eigenvalue weighted by Crippen LogP contribution is 2.32. The Labute approximate surface area is 80.6 Å². The van der Waals surface area contributed by atoms with Gasteiger partial charge in [-0.05, 0) is 12.1 Å². The average Bonchev–Trinajstić information content (AvgIpc) is 2.03. The molecule has 0 aromatic heterocycles. The molecule has 0 radical (unpaired) electrons. The fraction of sp³-hybridized carbons (Fsp3) is 0.125. The molecule has 2 amide bonds. The van der Waals surface area contributed by atoms with Gasteiger partial charge < -0.3 is 15.8 Å². The minimum atomic E-state index is -0.652. The number of rotatable bonds is 2. The lowest BCUT2D eigenvalue weighted by Crippen LogP contribution is -2.19. The molecule has 0 bridgehead atoms. The molecule has 1 rings (SSSR count). The van der Waals surface area contributed by atoms with E-state index in [2.05, 4.69) is 5.32 Å². The molecule has 0 aliphatic carbocycles. The van der Waals surface area contributed by atoms with Gasteiger partial charge in [0.15, 0.2) is 5.75 Å². The van der Waals surface area contributed by atoms with E-state index in [0.717, 1.165) is 0 Å². The van der Waals surface area contributed by atoms with E-state index in [0.29, 0.717) is 16.5 Å². The summed E-state index contributed by atoms with van der Waals surface area (Å²) in [7, 11) is 1.47. The van der Waals surface area contributed by atoms with Crippen molar-refractivity contribution in [1.82, 2.24) is 0 Å². The second kappa shape index (κ2) is 4.00. The van der Waals surface area contributed by atoms with Gasteiger partial charge in [-0.25, -0.2) is 4.79 Å². The fourth-order valence-corrected chi connectivity index (χ4v) is 1.20. The molecule has 1 aromatic carbocycles. The molecule has 0 fully saturated rings. The number of carbonyl (C=O) groups excluding carboxylic acids is 1. The first kappa shape index (κ1) is 9.67. The van der Waals surface area contributed by atoms with Crippen LogP contribution in [0.4, 0.5) is 10.5 Å². The molecule has 0 spiro atoms. The number of benzene rings is 1. The zero-order chi connectivity index (χ0) is 9.84. The first-order valence-electron chi connectivity index (χ1n) is 3.54. The Morgan fingerprint density at radius 2 is 2.31 bits per heavy atom. The Bertz CT molecular complexity index is 328. The summed E-state index contributed by atoms with van der Waals surface area (Å²) in [5.41, 5.74) is 5.41. The number of anilines is 1. The van der Waals surface area contributed by atoms with Crippen LogP contribution in [0.3, 0.4) is 0 Å². The highest BCUT2D eigenvalue weighted by Gasteiger charge is 2.07. The van der Waals surface area contributed by atoms with Crippen LogP contribution < -0.4 is 15.8 Å². The number of methoxy groups -OCH3 is 1. The van der Waals surface area contributed by atoms with Crippen molar-refractivity contribution < 1.29 is 9.53 Å². The van der Waals surface area contributed by atoms with Crippen LogP contribution in [0.1, 0.15) is 0 Å². The van der Waals surface area contributed by atoms with Crippen LogP contribution in [0.5, 0.6) is 5.75 Å². The van der Waals surface area contributed by atoms with Gasteiger partial charge in [0.25, 0.3) is 0 Å². The summed E-state index contributed by atoms with van der Waals surface area (Å²) in [6, 6.07) is 4.35. The molecule has 1 aromatic rings. The first-order valence-corrected chi connectivity index (χ1v) is 3.92. The fourth-order valence-electron chi connectivity index (χ4n) is 0.947. The van der Waals surface area contributed by atoms with Crippen LogP contribution in [-0.2, 0) is 0 Å². The highest BCUT2D eigenvalue weighted by atomic mass is 35.5. The predicted octanol–water partition coefficient (Wildman–Crippen LogP) is 1.84. The molecule has 13 heavy (non-hydrogen) atoms. The van der Waals surface area contributed by atoms with E-state index < -0.39 is 6.03 Å². The van der Waals surface area contributed by atoms with E-state index in [4.69, 9.17) is 22.1 Å². The van der Waals surface area contributed by atoms with Gasteiger partial charge in [0.1, 0.15) is 0 Å². The molecule has 0 atom stereocenters. The van der Waals surface area contributed by atoms with Crippen molar-refractivity contribution in [3.8, 4) is 5.75 Å². The van der Waals surface area contributed by atoms with Gasteiger partial charge in [-0.1, -0.05) is 17.7 Å². The summed E-state index contributed by atoms with van der Waals surface area (Å²) >= 11 is 5.80. The maximum atomic E-state index is 10.6. The summed E-state index contributed by atoms with van der Waals surface area (Å²) in [6.07, 6.45) is 0. The van der Waals surface area contributed by atoms with Gasteiger partial charge in [0, 0.05) is 0 Å². The lowest BCUT2D eigenvalue weighted by molar-refractivity contribution is 0.259. The molecule has 0 saturated heterocycles. The van der Waals surface area contributed by atoms with Gasteiger partial charge >= 0.3 is 6.03 Å². The first-order chi connectivity index (χ1) is 6.15. The monoisotopic (exact) mass is 200 g/mol. The number of hydrogen-bond donors (Lipinski definition) is 2. The number of halogens is 1. The largest absolute Gasteiger partial charge is 0.493 e. The van der Waals surface area contributed by atoms with E-state index >= 15 is 0 Å². The maximum absolute atomic E-state index is 10.6. The predicted molar refractivity (Wildman–Crippen MR) is 51.2 cm³/mol. The lowest BCUT2D eigenvalue weighted by Gasteiger charge is -2.09. The average molecular weight is 201 g/mol. The number of primary amides is 1. The van der Waals surface area contributed by atoms with Crippen LogP contribution >= 0.6 is 11.6 Å². The second-order valence-corrected chi connectivity index (χ2v) is 2.72. The van der Waals surface area contributed by atoms with Crippen molar-refractivity contribution in [3.63, 3.8) is 0 Å². The van der Waals surface area contributed by atoms with Crippen molar-refractivity contribution in [1.29, 1.82) is 0 Å². The Morgan fingerprint density at radius 1 is 1.62 bits per heavy atom. The van der Waals surface area contributed by atoms with Gasteiger partial charge in [-0.15, -0.1) is 0 Å². The number of nitrogens with two attached hydrogens (primary N) is 1. The second-order valence-electron chi connectivity index (χ2n) is 2.31. The Hall–Kier alpha value is -1.42. The van der Waals surface area contributed by atoms with E-state index in [1.54, 1.807) is 18.2 Å². The summed E-state index contributed by atoms with van der Waals surface area (Å²) < 4.78 is 4.97. The van der Waals surface area contributed by atoms with Crippen LogP contribution in [0, 0.1) is 0 Å². The normalized spacial score (nSPS) is 9.38. The van der Waals surface area contributed by atoms with E-state index in [9.17, 15) is 4.79 Å². The van der Waals surface area contributed by atoms with Crippen LogP contribution in [0.15, 0.2) is 18.2 Å². The van der Waals surface area contributed by atoms with E-state index in [1.165, 1.54) is 7.11 Å². The standard InChI is InChI=1S/C8H9ClN2O2/c1-13-7-5(9)3-2-4-6(7)11-8(10)12/h2-4H,1H3,(H3,10,11,12). The Balaban J connectivity index is 3.05. The quantitative estimate of drug-likeness (QED) is 0.765. The highest BCUT2D eigenvalue weighted by molar-refractivity contribution is 6.32. The molecule has 4 nitrogen and oxygen atoms in total. The molecule has 0 heterocycles. The van der Waals surface area contributed by atoms with Crippen molar-refractivity contribution in [2.24, 2.45) is 5.73 Å². The SMILES string of the molecule is COc1c(Cl)cccc1NC(N)=O. The number of ether oxygens (including phenoxy) is 1. The molecular formula is C8H9ClN2O2. The zero-order valence-corrected chi connectivity index (χ0v) is 7.76. The van der Waals surface area contributed by atoms with Crippen molar-refractivity contribution in [2.75, 3.05) is 12.4 Å². The summed E-state index contributed by atoms with van der Waals surface area (Å²) in [5.74, 6) is 0.406. The molecule has 0 unspecified atom stereocenters.